The lowest BCUT2D eigenvalue weighted by molar-refractivity contribution is 1.09. The van der Waals surface area contributed by atoms with Gasteiger partial charge in [0.25, 0.3) is 0 Å². The summed E-state index contributed by atoms with van der Waals surface area (Å²) in [7, 11) is 0. The molecule has 0 spiro atoms. The minimum atomic E-state index is 0.803. The Morgan fingerprint density at radius 3 is 3.27 bits per heavy atom. The predicted octanol–water partition coefficient (Wildman–Crippen LogP) is 1.74. The first-order valence-electron chi connectivity index (χ1n) is 3.46. The monoisotopic (exact) mass is 143 g/mol. The van der Waals surface area contributed by atoms with E-state index in [0.29, 0.717) is 0 Å². The molecule has 0 saturated heterocycles. The summed E-state index contributed by atoms with van der Waals surface area (Å²) in [6.07, 6.45) is 1.79. The fraction of sp³-hybridized carbons (Fsp3) is 0.111. The number of hydrogen-bond donors (Lipinski definition) is 0. The molecule has 0 unspecified atom stereocenters. The van der Waals surface area contributed by atoms with Crippen LogP contribution in [0, 0.1) is 13.0 Å². The van der Waals surface area contributed by atoms with Gasteiger partial charge < -0.3 is 0 Å². The first kappa shape index (κ1) is 6.28. The Kier molecular flexibility index (Phi) is 1.32. The van der Waals surface area contributed by atoms with Gasteiger partial charge >= 0.3 is 0 Å². The summed E-state index contributed by atoms with van der Waals surface area (Å²) in [6.45, 7) is 1.88. The molecule has 0 aliphatic rings. The van der Waals surface area contributed by atoms with Crippen molar-refractivity contribution in [1.29, 1.82) is 0 Å². The van der Waals surface area contributed by atoms with Crippen LogP contribution in [0.25, 0.3) is 10.9 Å². The van der Waals surface area contributed by atoms with Gasteiger partial charge in [-0.25, -0.2) is 9.97 Å². The van der Waals surface area contributed by atoms with E-state index in [2.05, 4.69) is 16.0 Å². The van der Waals surface area contributed by atoms with E-state index in [9.17, 15) is 0 Å². The van der Waals surface area contributed by atoms with Crippen molar-refractivity contribution in [2.24, 2.45) is 0 Å². The van der Waals surface area contributed by atoms with E-state index in [1.807, 2.05) is 25.1 Å². The maximum absolute atomic E-state index is 4.23. The molecule has 53 valence electrons. The van der Waals surface area contributed by atoms with Crippen LogP contribution in [0.1, 0.15) is 5.82 Å². The van der Waals surface area contributed by atoms with Crippen LogP contribution in [0.2, 0.25) is 0 Å². The molecule has 0 aliphatic heterocycles. The Hall–Kier alpha value is -1.44. The van der Waals surface area contributed by atoms with Gasteiger partial charge in [-0.3, -0.25) is 0 Å². The van der Waals surface area contributed by atoms with Crippen LogP contribution >= 0.6 is 0 Å². The summed E-state index contributed by atoms with van der Waals surface area (Å²) in [5.41, 5.74) is 0.958. The van der Waals surface area contributed by atoms with Gasteiger partial charge in [-0.05, 0) is 19.1 Å². The fourth-order valence-electron chi connectivity index (χ4n) is 1.00. The highest BCUT2D eigenvalue weighted by Gasteiger charge is 1.92. The zero-order chi connectivity index (χ0) is 7.68. The summed E-state index contributed by atoms with van der Waals surface area (Å²) in [4.78, 5) is 8.30. The Morgan fingerprint density at radius 2 is 2.36 bits per heavy atom. The van der Waals surface area contributed by atoms with Crippen LogP contribution in [-0.4, -0.2) is 9.97 Å². The van der Waals surface area contributed by atoms with Gasteiger partial charge in [-0.15, -0.1) is 0 Å². The second-order valence-electron chi connectivity index (χ2n) is 2.39. The SMILES string of the molecule is Cc1ncc2[c]cccc2n1. The maximum Gasteiger partial charge on any atom is 0.125 e. The first-order chi connectivity index (χ1) is 5.36. The van der Waals surface area contributed by atoms with Crippen LogP contribution in [0.15, 0.2) is 24.4 Å². The van der Waals surface area contributed by atoms with Gasteiger partial charge in [0.1, 0.15) is 5.82 Å². The van der Waals surface area contributed by atoms with E-state index in [-0.39, 0.29) is 0 Å². The lowest BCUT2D eigenvalue weighted by Gasteiger charge is -1.94. The summed E-state index contributed by atoms with van der Waals surface area (Å²) in [5.74, 6) is 0.803. The normalized spacial score (nSPS) is 10.3. The van der Waals surface area contributed by atoms with Crippen molar-refractivity contribution in [1.82, 2.24) is 9.97 Å². The van der Waals surface area contributed by atoms with E-state index in [4.69, 9.17) is 0 Å². The van der Waals surface area contributed by atoms with Crippen molar-refractivity contribution >= 4 is 10.9 Å². The zero-order valence-corrected chi connectivity index (χ0v) is 6.20. The first-order valence-corrected chi connectivity index (χ1v) is 3.46. The van der Waals surface area contributed by atoms with Gasteiger partial charge in [0.05, 0.1) is 5.52 Å². The molecule has 0 amide bonds. The molecule has 1 heterocycles. The number of aryl methyl sites for hydroxylation is 1. The Bertz CT molecular complexity index is 382. The number of hydrogen-bond acceptors (Lipinski definition) is 2. The summed E-state index contributed by atoms with van der Waals surface area (Å²) >= 11 is 0. The molecular formula is C9H7N2. The summed E-state index contributed by atoms with van der Waals surface area (Å²) < 4.78 is 0. The Balaban J connectivity index is 2.83. The lowest BCUT2D eigenvalue weighted by Crippen LogP contribution is -1.86. The zero-order valence-electron chi connectivity index (χ0n) is 6.20. The molecule has 0 saturated carbocycles. The molecule has 1 aromatic carbocycles. The van der Waals surface area contributed by atoms with Gasteiger partial charge in [0, 0.05) is 11.6 Å². The number of fused-ring (bicyclic) bond motifs is 1. The molecule has 1 aromatic heterocycles. The van der Waals surface area contributed by atoms with Crippen LogP contribution in [0.5, 0.6) is 0 Å². The van der Waals surface area contributed by atoms with Crippen molar-refractivity contribution in [3.05, 3.63) is 36.3 Å². The van der Waals surface area contributed by atoms with E-state index in [1.54, 1.807) is 6.20 Å². The lowest BCUT2D eigenvalue weighted by atomic mass is 10.2. The van der Waals surface area contributed by atoms with Crippen LogP contribution in [0.3, 0.4) is 0 Å². The third-order valence-electron chi connectivity index (χ3n) is 1.53. The van der Waals surface area contributed by atoms with Crippen LogP contribution in [-0.2, 0) is 0 Å². The summed E-state index contributed by atoms with van der Waals surface area (Å²) in [5, 5.41) is 0.970. The topological polar surface area (TPSA) is 25.8 Å². The van der Waals surface area contributed by atoms with Crippen LogP contribution in [0.4, 0.5) is 0 Å². The highest BCUT2D eigenvalue weighted by Crippen LogP contribution is 2.07. The van der Waals surface area contributed by atoms with Gasteiger partial charge in [0.2, 0.25) is 0 Å². The fourth-order valence-corrected chi connectivity index (χ4v) is 1.00. The molecule has 2 nitrogen and oxygen atoms in total. The number of rotatable bonds is 0. The van der Waals surface area contributed by atoms with Gasteiger partial charge in [0.15, 0.2) is 0 Å². The van der Waals surface area contributed by atoms with Crippen LogP contribution < -0.4 is 0 Å². The molecule has 2 rings (SSSR count). The summed E-state index contributed by atoms with van der Waals surface area (Å²) in [6, 6.07) is 8.80. The second-order valence-corrected chi connectivity index (χ2v) is 2.39. The minimum Gasteiger partial charge on any atom is -0.241 e. The smallest absolute Gasteiger partial charge is 0.125 e. The predicted molar refractivity (Wildman–Crippen MR) is 43.1 cm³/mol. The standard InChI is InChI=1S/C9H7N2/c1-7-10-6-8-4-2-3-5-9(8)11-7/h2-3,5-6H,1H3. The molecule has 1 radical (unpaired) electrons. The average molecular weight is 143 g/mol. The molecule has 0 aliphatic carbocycles. The second kappa shape index (κ2) is 2.31. The Labute approximate surface area is 64.9 Å². The molecule has 11 heavy (non-hydrogen) atoms. The highest BCUT2D eigenvalue weighted by molar-refractivity contribution is 5.76. The van der Waals surface area contributed by atoms with Crippen molar-refractivity contribution < 1.29 is 0 Å². The minimum absolute atomic E-state index is 0.803. The van der Waals surface area contributed by atoms with E-state index in [1.165, 1.54) is 0 Å². The molecule has 0 atom stereocenters. The van der Waals surface area contributed by atoms with Crippen molar-refractivity contribution in [3.63, 3.8) is 0 Å². The molecule has 2 aromatic rings. The third kappa shape index (κ3) is 1.07. The third-order valence-corrected chi connectivity index (χ3v) is 1.53. The maximum atomic E-state index is 4.23. The molecule has 0 bridgehead atoms. The van der Waals surface area contributed by atoms with E-state index < -0.39 is 0 Å². The van der Waals surface area contributed by atoms with Gasteiger partial charge in [-0.1, -0.05) is 12.1 Å². The molecule has 0 N–H and O–H groups in total. The molecule has 2 heteroatoms. The van der Waals surface area contributed by atoms with Crippen molar-refractivity contribution in [3.8, 4) is 0 Å². The highest BCUT2D eigenvalue weighted by atomic mass is 14.9. The van der Waals surface area contributed by atoms with Gasteiger partial charge in [-0.2, -0.15) is 0 Å². The van der Waals surface area contributed by atoms with Crippen molar-refractivity contribution in [2.75, 3.05) is 0 Å². The molecule has 0 fully saturated rings. The Morgan fingerprint density at radius 1 is 1.45 bits per heavy atom. The number of nitrogens with zero attached hydrogens (tertiary/aromatic N) is 2. The number of benzene rings is 1. The largest absolute Gasteiger partial charge is 0.241 e. The van der Waals surface area contributed by atoms with E-state index in [0.717, 1.165) is 16.7 Å². The quantitative estimate of drug-likeness (QED) is 0.561. The van der Waals surface area contributed by atoms with E-state index >= 15 is 0 Å². The average Bonchev–Trinajstić information content (AvgIpc) is 2.04. The number of aromatic nitrogens is 2. The van der Waals surface area contributed by atoms with Crippen molar-refractivity contribution in [2.45, 2.75) is 6.92 Å². The molecular weight excluding hydrogens is 136 g/mol.